The van der Waals surface area contributed by atoms with Crippen molar-refractivity contribution >= 4 is 28.4 Å². The van der Waals surface area contributed by atoms with Crippen molar-refractivity contribution in [2.75, 3.05) is 19.5 Å². The van der Waals surface area contributed by atoms with E-state index < -0.39 is 5.91 Å². The molecular weight excluding hydrogens is 346 g/mol. The topological polar surface area (TPSA) is 104 Å². The number of methoxy groups -OCH3 is 2. The van der Waals surface area contributed by atoms with Gasteiger partial charge < -0.3 is 20.5 Å². The minimum atomic E-state index is -0.695. The fourth-order valence-electron chi connectivity index (χ4n) is 2.85. The van der Waals surface area contributed by atoms with E-state index in [1.165, 1.54) is 20.4 Å². The Bertz CT molecular complexity index is 1050. The molecule has 7 nitrogen and oxygen atoms in total. The van der Waals surface area contributed by atoms with Gasteiger partial charge >= 0.3 is 0 Å². The third-order valence-electron chi connectivity index (χ3n) is 4.27. The Morgan fingerprint density at radius 2 is 1.70 bits per heavy atom. The number of nitrogens with one attached hydrogen (secondary N) is 1. The summed E-state index contributed by atoms with van der Waals surface area (Å²) >= 11 is 0. The largest absolute Gasteiger partial charge is 0.493 e. The summed E-state index contributed by atoms with van der Waals surface area (Å²) in [6.07, 6.45) is 1.34. The second-order valence-electron chi connectivity index (χ2n) is 5.90. The van der Waals surface area contributed by atoms with Gasteiger partial charge in [0.1, 0.15) is 0 Å². The molecule has 0 fully saturated rings. The molecule has 0 bridgehead atoms. The number of rotatable bonds is 5. The first-order chi connectivity index (χ1) is 13.0. The van der Waals surface area contributed by atoms with Crippen LogP contribution in [0.4, 0.5) is 5.69 Å². The summed E-state index contributed by atoms with van der Waals surface area (Å²) in [5, 5.41) is 3.32. The van der Waals surface area contributed by atoms with Crippen LogP contribution in [0, 0.1) is 6.92 Å². The molecule has 138 valence electrons. The standard InChI is InChI=1S/C20H19N3O4/c1-11-6-4-5-7-12(11)20(25)23-18-13-8-16(26-2)17(27-3)9-15(13)22-10-14(18)19(21)24/h4-10H,1-3H3,(H2,21,24)(H,22,23,25). The van der Waals surface area contributed by atoms with Crippen LogP contribution >= 0.6 is 0 Å². The number of hydrogen-bond acceptors (Lipinski definition) is 5. The molecule has 7 heteroatoms. The summed E-state index contributed by atoms with van der Waals surface area (Å²) in [6.45, 7) is 1.84. The van der Waals surface area contributed by atoms with Gasteiger partial charge in [0.05, 0.1) is 31.0 Å². The maximum Gasteiger partial charge on any atom is 0.255 e. The van der Waals surface area contributed by atoms with E-state index in [1.54, 1.807) is 24.3 Å². The first-order valence-electron chi connectivity index (χ1n) is 8.17. The highest BCUT2D eigenvalue weighted by molar-refractivity contribution is 6.15. The number of pyridine rings is 1. The molecule has 0 saturated heterocycles. The predicted octanol–water partition coefficient (Wildman–Crippen LogP) is 2.91. The van der Waals surface area contributed by atoms with Crippen molar-refractivity contribution in [2.24, 2.45) is 5.73 Å². The molecule has 0 aliphatic carbocycles. The Balaban J connectivity index is 2.19. The van der Waals surface area contributed by atoms with Gasteiger partial charge in [0.15, 0.2) is 11.5 Å². The maximum atomic E-state index is 12.8. The van der Waals surface area contributed by atoms with Crippen LogP contribution in [0.1, 0.15) is 26.3 Å². The number of aromatic nitrogens is 1. The SMILES string of the molecule is COc1cc2ncc(C(N)=O)c(NC(=O)c3ccccc3C)c2cc1OC. The van der Waals surface area contributed by atoms with Crippen molar-refractivity contribution in [3.8, 4) is 11.5 Å². The van der Waals surface area contributed by atoms with Crippen LogP contribution in [0.25, 0.3) is 10.9 Å². The van der Waals surface area contributed by atoms with Gasteiger partial charge in [0.25, 0.3) is 11.8 Å². The van der Waals surface area contributed by atoms with Crippen molar-refractivity contribution < 1.29 is 19.1 Å². The van der Waals surface area contributed by atoms with Gasteiger partial charge in [-0.05, 0) is 24.6 Å². The van der Waals surface area contributed by atoms with Crippen LogP contribution in [-0.2, 0) is 0 Å². The van der Waals surface area contributed by atoms with Crippen LogP contribution in [0.15, 0.2) is 42.6 Å². The fourth-order valence-corrected chi connectivity index (χ4v) is 2.85. The molecule has 2 aromatic carbocycles. The predicted molar refractivity (Wildman–Crippen MR) is 102 cm³/mol. The van der Waals surface area contributed by atoms with Crippen molar-refractivity contribution in [2.45, 2.75) is 6.92 Å². The van der Waals surface area contributed by atoms with E-state index in [9.17, 15) is 9.59 Å². The summed E-state index contributed by atoms with van der Waals surface area (Å²) in [4.78, 5) is 29.0. The monoisotopic (exact) mass is 365 g/mol. The number of amides is 2. The number of carbonyl (C=O) groups excluding carboxylic acids is 2. The molecule has 3 aromatic rings. The van der Waals surface area contributed by atoms with Crippen LogP contribution in [0.5, 0.6) is 11.5 Å². The molecule has 1 heterocycles. The number of nitrogens with two attached hydrogens (primary N) is 1. The summed E-state index contributed by atoms with van der Waals surface area (Å²) in [5.74, 6) is -0.113. The Labute approximate surface area is 156 Å². The highest BCUT2D eigenvalue weighted by Gasteiger charge is 2.19. The number of hydrogen-bond donors (Lipinski definition) is 2. The van der Waals surface area contributed by atoms with Gasteiger partial charge in [-0.15, -0.1) is 0 Å². The van der Waals surface area contributed by atoms with Gasteiger partial charge in [-0.3, -0.25) is 14.6 Å². The second kappa shape index (κ2) is 7.33. The smallest absolute Gasteiger partial charge is 0.255 e. The van der Waals surface area contributed by atoms with Gasteiger partial charge in [-0.1, -0.05) is 18.2 Å². The van der Waals surface area contributed by atoms with E-state index in [4.69, 9.17) is 15.2 Å². The summed E-state index contributed by atoms with van der Waals surface area (Å²) in [6, 6.07) is 10.5. The number of fused-ring (bicyclic) bond motifs is 1. The molecule has 0 atom stereocenters. The lowest BCUT2D eigenvalue weighted by Crippen LogP contribution is -2.19. The molecule has 0 unspecified atom stereocenters. The maximum absolute atomic E-state index is 12.8. The van der Waals surface area contributed by atoms with Crippen LogP contribution in [-0.4, -0.2) is 31.0 Å². The van der Waals surface area contributed by atoms with E-state index in [0.717, 1.165) is 5.56 Å². The summed E-state index contributed by atoms with van der Waals surface area (Å²) in [5.41, 5.74) is 7.72. The molecule has 0 radical (unpaired) electrons. The van der Waals surface area contributed by atoms with Crippen LogP contribution in [0.2, 0.25) is 0 Å². The van der Waals surface area contributed by atoms with Crippen LogP contribution in [0.3, 0.4) is 0 Å². The third kappa shape index (κ3) is 3.39. The Hall–Kier alpha value is -3.61. The van der Waals surface area contributed by atoms with Crippen LogP contribution < -0.4 is 20.5 Å². The van der Waals surface area contributed by atoms with Crippen molar-refractivity contribution in [1.29, 1.82) is 0 Å². The normalized spacial score (nSPS) is 10.5. The zero-order chi connectivity index (χ0) is 19.6. The van der Waals surface area contributed by atoms with E-state index in [-0.39, 0.29) is 17.2 Å². The van der Waals surface area contributed by atoms with Gasteiger partial charge in [0, 0.05) is 23.2 Å². The molecule has 1 aromatic heterocycles. The number of ether oxygens (including phenoxy) is 2. The quantitative estimate of drug-likeness (QED) is 0.723. The molecule has 27 heavy (non-hydrogen) atoms. The molecule has 0 spiro atoms. The first kappa shape index (κ1) is 18.2. The molecule has 0 aliphatic heterocycles. The van der Waals surface area contributed by atoms with E-state index >= 15 is 0 Å². The number of nitrogens with zero attached hydrogens (tertiary/aromatic N) is 1. The molecule has 3 N–H and O–H groups in total. The zero-order valence-corrected chi connectivity index (χ0v) is 15.2. The number of aryl methyl sites for hydroxylation is 1. The first-order valence-corrected chi connectivity index (χ1v) is 8.17. The lowest BCUT2D eigenvalue weighted by atomic mass is 10.1. The van der Waals surface area contributed by atoms with Crippen molar-refractivity contribution in [1.82, 2.24) is 4.98 Å². The second-order valence-corrected chi connectivity index (χ2v) is 5.90. The lowest BCUT2D eigenvalue weighted by Gasteiger charge is -2.15. The highest BCUT2D eigenvalue weighted by atomic mass is 16.5. The molecule has 0 aliphatic rings. The Morgan fingerprint density at radius 3 is 2.33 bits per heavy atom. The van der Waals surface area contributed by atoms with E-state index in [0.29, 0.717) is 28.0 Å². The summed E-state index contributed by atoms with van der Waals surface area (Å²) in [7, 11) is 3.02. The van der Waals surface area contributed by atoms with E-state index in [2.05, 4.69) is 10.3 Å². The van der Waals surface area contributed by atoms with Gasteiger partial charge in [0.2, 0.25) is 0 Å². The average molecular weight is 365 g/mol. The number of benzene rings is 2. The zero-order valence-electron chi connectivity index (χ0n) is 15.2. The lowest BCUT2D eigenvalue weighted by molar-refractivity contribution is 0.100. The molecule has 0 saturated carbocycles. The highest BCUT2D eigenvalue weighted by Crippen LogP contribution is 2.36. The number of carbonyl (C=O) groups is 2. The van der Waals surface area contributed by atoms with Gasteiger partial charge in [-0.2, -0.15) is 0 Å². The minimum absolute atomic E-state index is 0.108. The fraction of sp³-hybridized carbons (Fsp3) is 0.150. The Kier molecular flexibility index (Phi) is 4.94. The number of primary amides is 1. The molecular formula is C20H19N3O4. The third-order valence-corrected chi connectivity index (χ3v) is 4.27. The molecule has 2 amide bonds. The minimum Gasteiger partial charge on any atom is -0.493 e. The van der Waals surface area contributed by atoms with Crippen molar-refractivity contribution in [3.05, 3.63) is 59.3 Å². The van der Waals surface area contributed by atoms with E-state index in [1.807, 2.05) is 19.1 Å². The summed E-state index contributed by atoms with van der Waals surface area (Å²) < 4.78 is 10.6. The van der Waals surface area contributed by atoms with Crippen molar-refractivity contribution in [3.63, 3.8) is 0 Å². The molecule has 3 rings (SSSR count). The number of anilines is 1. The van der Waals surface area contributed by atoms with Gasteiger partial charge in [-0.25, -0.2) is 0 Å². The Morgan fingerprint density at radius 1 is 1.04 bits per heavy atom. The average Bonchev–Trinajstić information content (AvgIpc) is 2.67.